The molecule has 0 aliphatic carbocycles. The molecular formula is C10H2K4O8. The third-order valence-electron chi connectivity index (χ3n) is 2.02. The zero-order valence-corrected chi connectivity index (χ0v) is 24.9. The van der Waals surface area contributed by atoms with Crippen LogP contribution < -0.4 is 226 Å². The zero-order chi connectivity index (χ0) is 14.0. The van der Waals surface area contributed by atoms with E-state index in [1.165, 1.54) is 0 Å². The fourth-order valence-corrected chi connectivity index (χ4v) is 1.30. The predicted octanol–water partition coefficient (Wildman–Crippen LogP) is -16.8. The van der Waals surface area contributed by atoms with Gasteiger partial charge in [-0.05, 0) is 17.7 Å². The van der Waals surface area contributed by atoms with E-state index in [0.717, 1.165) is 0 Å². The van der Waals surface area contributed by atoms with Crippen LogP contribution in [0.15, 0.2) is 12.1 Å². The molecule has 0 aromatic heterocycles. The summed E-state index contributed by atoms with van der Waals surface area (Å²) in [5.74, 6) is -8.14. The maximum atomic E-state index is 10.7. The average molecular weight is 407 g/mol. The average Bonchev–Trinajstić information content (AvgIpc) is 2.26. The first-order valence-corrected chi connectivity index (χ1v) is 4.29. The molecule has 94 valence electrons. The molecule has 0 fully saturated rings. The van der Waals surface area contributed by atoms with Gasteiger partial charge in [-0.25, -0.2) is 0 Å². The van der Waals surface area contributed by atoms with Crippen LogP contribution in [0, 0.1) is 0 Å². The van der Waals surface area contributed by atoms with Crippen LogP contribution in [0.5, 0.6) is 0 Å². The van der Waals surface area contributed by atoms with Gasteiger partial charge >= 0.3 is 206 Å². The number of hydrogen-bond donors (Lipinski definition) is 0. The van der Waals surface area contributed by atoms with Crippen molar-refractivity contribution in [2.45, 2.75) is 0 Å². The summed E-state index contributed by atoms with van der Waals surface area (Å²) in [7, 11) is 0. The predicted molar refractivity (Wildman–Crippen MR) is 43.8 cm³/mol. The van der Waals surface area contributed by atoms with E-state index in [9.17, 15) is 39.6 Å². The molecule has 1 rings (SSSR count). The molecule has 0 unspecified atom stereocenters. The molecule has 0 atom stereocenters. The number of rotatable bonds is 4. The first-order chi connectivity index (χ1) is 8.25. The molecule has 0 spiro atoms. The van der Waals surface area contributed by atoms with E-state index < -0.39 is 46.1 Å². The second-order valence-electron chi connectivity index (χ2n) is 3.10. The zero-order valence-electron chi connectivity index (χ0n) is 12.4. The van der Waals surface area contributed by atoms with Gasteiger partial charge in [0.05, 0.1) is 23.9 Å². The maximum Gasteiger partial charge on any atom is 1.00 e. The summed E-state index contributed by atoms with van der Waals surface area (Å²) in [6.45, 7) is 0. The number of carbonyl (C=O) groups excluding carboxylic acids is 4. The van der Waals surface area contributed by atoms with Crippen LogP contribution in [0.4, 0.5) is 0 Å². The fourth-order valence-electron chi connectivity index (χ4n) is 1.30. The van der Waals surface area contributed by atoms with E-state index in [1.807, 2.05) is 0 Å². The third-order valence-corrected chi connectivity index (χ3v) is 2.02. The van der Waals surface area contributed by atoms with Gasteiger partial charge in [-0.2, -0.15) is 0 Å². The minimum atomic E-state index is -2.11. The number of aromatic carboxylic acids is 4. The van der Waals surface area contributed by atoms with Crippen LogP contribution in [0.1, 0.15) is 41.4 Å². The Balaban J connectivity index is -0.000000405. The molecule has 22 heavy (non-hydrogen) atoms. The molecule has 0 amide bonds. The van der Waals surface area contributed by atoms with Crippen molar-refractivity contribution >= 4 is 23.9 Å². The van der Waals surface area contributed by atoms with E-state index in [1.54, 1.807) is 0 Å². The number of carbonyl (C=O) groups is 4. The normalized spacial score (nSPS) is 8.00. The minimum absolute atomic E-state index is 0. The molecule has 0 radical (unpaired) electrons. The number of benzene rings is 1. The first kappa shape index (κ1) is 33.2. The fraction of sp³-hybridized carbons (Fsp3) is 0. The van der Waals surface area contributed by atoms with Crippen LogP contribution in [0.25, 0.3) is 0 Å². The van der Waals surface area contributed by atoms with E-state index in [2.05, 4.69) is 0 Å². The van der Waals surface area contributed by atoms with Crippen LogP contribution >= 0.6 is 0 Å². The van der Waals surface area contributed by atoms with Crippen LogP contribution in [-0.2, 0) is 0 Å². The molecule has 1 aromatic rings. The summed E-state index contributed by atoms with van der Waals surface area (Å²) < 4.78 is 0. The third kappa shape index (κ3) is 9.54. The SMILES string of the molecule is O=C([O-])c1cc(C(=O)[O-])c(C(=O)[O-])c(C(=O)[O-])c1.[K+].[K+].[K+].[K+]. The Morgan fingerprint density at radius 1 is 0.591 bits per heavy atom. The number of hydrogen-bond acceptors (Lipinski definition) is 8. The maximum absolute atomic E-state index is 10.7. The Kier molecular flexibility index (Phi) is 23.7. The molecule has 0 saturated carbocycles. The van der Waals surface area contributed by atoms with Gasteiger partial charge in [0.2, 0.25) is 0 Å². The van der Waals surface area contributed by atoms with Gasteiger partial charge in [0.25, 0.3) is 0 Å². The van der Waals surface area contributed by atoms with E-state index in [-0.39, 0.29) is 206 Å². The summed E-state index contributed by atoms with van der Waals surface area (Å²) in [6.07, 6.45) is 0. The molecule has 0 aliphatic rings. The second-order valence-corrected chi connectivity index (χ2v) is 3.10. The van der Waals surface area contributed by atoms with Crippen molar-refractivity contribution in [2.75, 3.05) is 0 Å². The summed E-state index contributed by atoms with van der Waals surface area (Å²) >= 11 is 0. The van der Waals surface area contributed by atoms with Crippen molar-refractivity contribution in [3.63, 3.8) is 0 Å². The van der Waals surface area contributed by atoms with Gasteiger partial charge < -0.3 is 39.6 Å². The molecule has 0 saturated heterocycles. The second kappa shape index (κ2) is 15.7. The smallest absolute Gasteiger partial charge is 0.545 e. The molecule has 0 bridgehead atoms. The van der Waals surface area contributed by atoms with Crippen molar-refractivity contribution in [3.8, 4) is 0 Å². The standard InChI is InChI=1S/C10H6O8.4K/c11-7(12)3-1-4(8(13)14)6(10(17)18)5(2-3)9(15)16;;;;/h1-2H,(H,11,12)(H,13,14)(H,15,16)(H,17,18);;;;/q;4*+1/p-4. The molecule has 12 heteroatoms. The van der Waals surface area contributed by atoms with Crippen molar-refractivity contribution in [1.29, 1.82) is 0 Å². The number of carboxylic acids is 4. The van der Waals surface area contributed by atoms with Crippen molar-refractivity contribution < 1.29 is 245 Å². The molecular weight excluding hydrogens is 404 g/mol. The van der Waals surface area contributed by atoms with Gasteiger partial charge in [0.15, 0.2) is 0 Å². The van der Waals surface area contributed by atoms with Crippen LogP contribution in [-0.4, -0.2) is 23.9 Å². The quantitative estimate of drug-likeness (QED) is 0.445. The van der Waals surface area contributed by atoms with E-state index >= 15 is 0 Å². The van der Waals surface area contributed by atoms with Crippen LogP contribution in [0.3, 0.4) is 0 Å². The molecule has 0 aliphatic heterocycles. The Morgan fingerprint density at radius 2 is 0.909 bits per heavy atom. The topological polar surface area (TPSA) is 161 Å². The van der Waals surface area contributed by atoms with Crippen molar-refractivity contribution in [1.82, 2.24) is 0 Å². The Hall–Kier alpha value is 3.65. The summed E-state index contributed by atoms with van der Waals surface area (Å²) in [6, 6.07) is 0.810. The van der Waals surface area contributed by atoms with E-state index in [4.69, 9.17) is 0 Å². The first-order valence-electron chi connectivity index (χ1n) is 4.29. The monoisotopic (exact) mass is 406 g/mol. The Morgan fingerprint density at radius 3 is 1.09 bits per heavy atom. The largest absolute Gasteiger partial charge is 1.00 e. The Labute approximate surface area is 294 Å². The van der Waals surface area contributed by atoms with Gasteiger partial charge in [-0.15, -0.1) is 0 Å². The summed E-state index contributed by atoms with van der Waals surface area (Å²) in [5, 5.41) is 42.5. The molecule has 0 N–H and O–H groups in total. The minimum Gasteiger partial charge on any atom is -0.545 e. The van der Waals surface area contributed by atoms with Crippen molar-refractivity contribution in [2.24, 2.45) is 0 Å². The van der Waals surface area contributed by atoms with Gasteiger partial charge in [-0.1, -0.05) is 0 Å². The van der Waals surface area contributed by atoms with Gasteiger partial charge in [0.1, 0.15) is 0 Å². The molecule has 1 aromatic carbocycles. The summed E-state index contributed by atoms with van der Waals surface area (Å²) in [5.41, 5.74) is -4.34. The van der Waals surface area contributed by atoms with Gasteiger partial charge in [-0.3, -0.25) is 0 Å². The molecule has 8 nitrogen and oxygen atoms in total. The van der Waals surface area contributed by atoms with Crippen molar-refractivity contribution in [3.05, 3.63) is 34.4 Å². The Bertz CT molecular complexity index is 551. The van der Waals surface area contributed by atoms with E-state index in [0.29, 0.717) is 12.1 Å². The van der Waals surface area contributed by atoms with Gasteiger partial charge in [0, 0.05) is 16.7 Å². The summed E-state index contributed by atoms with van der Waals surface area (Å²) in [4.78, 5) is 42.5. The number of carboxylic acid groups (broad SMARTS) is 4. The van der Waals surface area contributed by atoms with Crippen LogP contribution in [0.2, 0.25) is 0 Å². The molecule has 0 heterocycles.